The zero-order valence-electron chi connectivity index (χ0n) is 14.6. The molecule has 9 heteroatoms. The molecule has 0 spiro atoms. The minimum Gasteiger partial charge on any atom is -0.322 e. The maximum atomic E-state index is 12.9. The average molecular weight is 441 g/mol. The number of rotatable bonds is 4. The Bertz CT molecular complexity index is 1130. The Morgan fingerprint density at radius 1 is 1.00 bits per heavy atom. The molecule has 2 aromatic carbocycles. The number of nitrogens with zero attached hydrogens (tertiary/aromatic N) is 1. The van der Waals surface area contributed by atoms with Gasteiger partial charge in [0.05, 0.1) is 22.2 Å². The Morgan fingerprint density at radius 2 is 1.76 bits per heavy atom. The van der Waals surface area contributed by atoms with Gasteiger partial charge >= 0.3 is 6.18 Å². The van der Waals surface area contributed by atoms with Crippen LogP contribution in [0.25, 0.3) is 0 Å². The normalized spacial score (nSPS) is 11.3. The van der Waals surface area contributed by atoms with Crippen molar-refractivity contribution in [2.24, 2.45) is 0 Å². The van der Waals surface area contributed by atoms with E-state index in [-0.39, 0.29) is 17.1 Å². The number of alkyl halides is 3. The zero-order valence-corrected chi connectivity index (χ0v) is 16.1. The van der Waals surface area contributed by atoms with Crippen LogP contribution in [0.4, 0.5) is 18.9 Å². The number of aromatic nitrogens is 1. The lowest BCUT2D eigenvalue weighted by Gasteiger charge is -2.12. The number of benzene rings is 2. The lowest BCUT2D eigenvalue weighted by atomic mass is 10.1. The van der Waals surface area contributed by atoms with Crippen molar-refractivity contribution in [3.05, 3.63) is 97.9 Å². The van der Waals surface area contributed by atoms with E-state index >= 15 is 0 Å². The van der Waals surface area contributed by atoms with Gasteiger partial charge in [0.1, 0.15) is 0 Å². The molecule has 0 saturated heterocycles. The summed E-state index contributed by atoms with van der Waals surface area (Å²) < 4.78 is 39.6. The highest BCUT2D eigenvalue weighted by Gasteiger charge is 2.31. The van der Waals surface area contributed by atoms with E-state index < -0.39 is 23.2 Å². The smallest absolute Gasteiger partial charge is 0.322 e. The molecule has 1 amide bonds. The summed E-state index contributed by atoms with van der Waals surface area (Å²) in [6.45, 7) is -0.114. The van der Waals surface area contributed by atoms with Crippen LogP contribution < -0.4 is 10.9 Å². The molecule has 0 radical (unpaired) electrons. The summed E-state index contributed by atoms with van der Waals surface area (Å²) >= 11 is 11.8. The molecule has 0 saturated carbocycles. The molecule has 1 N–H and O–H groups in total. The number of amides is 1. The summed E-state index contributed by atoms with van der Waals surface area (Å²) in [5, 5.41) is 3.28. The van der Waals surface area contributed by atoms with Gasteiger partial charge in [-0.25, -0.2) is 0 Å². The number of anilines is 1. The molecular formula is C20H13Cl2F3N2O2. The molecular weight excluding hydrogens is 428 g/mol. The first kappa shape index (κ1) is 21.0. The molecule has 0 atom stereocenters. The molecule has 0 fully saturated rings. The minimum absolute atomic E-state index is 0.114. The van der Waals surface area contributed by atoms with Crippen molar-refractivity contribution in [3.8, 4) is 0 Å². The van der Waals surface area contributed by atoms with Crippen LogP contribution in [0.1, 0.15) is 21.5 Å². The van der Waals surface area contributed by atoms with Crippen LogP contribution >= 0.6 is 23.2 Å². The molecule has 0 unspecified atom stereocenters. The third-order valence-corrected chi connectivity index (χ3v) is 4.77. The average Bonchev–Trinajstić information content (AvgIpc) is 2.66. The van der Waals surface area contributed by atoms with Crippen LogP contribution in [-0.2, 0) is 12.7 Å². The number of halogens is 5. The van der Waals surface area contributed by atoms with E-state index in [9.17, 15) is 22.8 Å². The highest BCUT2D eigenvalue weighted by molar-refractivity contribution is 6.42. The largest absolute Gasteiger partial charge is 0.417 e. The summed E-state index contributed by atoms with van der Waals surface area (Å²) in [4.78, 5) is 24.4. The van der Waals surface area contributed by atoms with Crippen molar-refractivity contribution >= 4 is 34.8 Å². The number of hydrogen-bond acceptors (Lipinski definition) is 2. The van der Waals surface area contributed by atoms with Crippen LogP contribution in [0.2, 0.25) is 10.0 Å². The van der Waals surface area contributed by atoms with Crippen molar-refractivity contribution in [2.45, 2.75) is 12.7 Å². The fraction of sp³-hybridized carbons (Fsp3) is 0.100. The quantitative estimate of drug-likeness (QED) is 0.584. The number of hydrogen-bond donors (Lipinski definition) is 1. The van der Waals surface area contributed by atoms with Crippen LogP contribution in [0.15, 0.2) is 65.6 Å². The Balaban J connectivity index is 1.82. The number of carbonyl (C=O) groups excluding carboxylic acids is 1. The monoisotopic (exact) mass is 440 g/mol. The Hall–Kier alpha value is -2.77. The van der Waals surface area contributed by atoms with Crippen molar-refractivity contribution < 1.29 is 18.0 Å². The third-order valence-electron chi connectivity index (χ3n) is 4.03. The van der Waals surface area contributed by atoms with Crippen LogP contribution in [0.3, 0.4) is 0 Å². The van der Waals surface area contributed by atoms with Gasteiger partial charge in [0, 0.05) is 23.5 Å². The minimum atomic E-state index is -4.56. The van der Waals surface area contributed by atoms with Gasteiger partial charge in [-0.05, 0) is 42.0 Å². The predicted molar refractivity (Wildman–Crippen MR) is 106 cm³/mol. The fourth-order valence-corrected chi connectivity index (χ4v) is 2.91. The second kappa shape index (κ2) is 8.31. The van der Waals surface area contributed by atoms with Gasteiger partial charge in [0.25, 0.3) is 11.5 Å². The molecule has 4 nitrogen and oxygen atoms in total. The Morgan fingerprint density at radius 3 is 2.45 bits per heavy atom. The van der Waals surface area contributed by atoms with Crippen LogP contribution in [-0.4, -0.2) is 10.5 Å². The van der Waals surface area contributed by atoms with E-state index in [2.05, 4.69) is 5.32 Å². The molecule has 0 bridgehead atoms. The van der Waals surface area contributed by atoms with Crippen molar-refractivity contribution in [3.63, 3.8) is 0 Å². The third kappa shape index (κ3) is 5.19. The van der Waals surface area contributed by atoms with E-state index in [1.165, 1.54) is 18.2 Å². The molecule has 29 heavy (non-hydrogen) atoms. The molecule has 0 aliphatic heterocycles. The molecule has 0 aliphatic carbocycles. The maximum Gasteiger partial charge on any atom is 0.417 e. The molecule has 0 aliphatic rings. The van der Waals surface area contributed by atoms with Gasteiger partial charge in [0.2, 0.25) is 0 Å². The molecule has 3 aromatic rings. The first-order valence-electron chi connectivity index (χ1n) is 8.26. The summed E-state index contributed by atoms with van der Waals surface area (Å²) in [6, 6.07) is 12.5. The number of pyridine rings is 1. The van der Waals surface area contributed by atoms with E-state index in [4.69, 9.17) is 23.2 Å². The first-order chi connectivity index (χ1) is 13.6. The van der Waals surface area contributed by atoms with Crippen molar-refractivity contribution in [1.29, 1.82) is 0 Å². The first-order valence-corrected chi connectivity index (χ1v) is 9.02. The second-order valence-corrected chi connectivity index (χ2v) is 6.98. The second-order valence-electron chi connectivity index (χ2n) is 6.17. The fourth-order valence-electron chi connectivity index (χ4n) is 2.61. The summed E-state index contributed by atoms with van der Waals surface area (Å²) in [5.41, 5.74) is -0.306. The molecule has 150 valence electrons. The van der Waals surface area contributed by atoms with E-state index in [0.29, 0.717) is 16.3 Å². The SMILES string of the molecule is O=C(Nc1ccc(Cl)c(Cl)c1)c1cccc(Cn2cc(C(F)(F)F)ccc2=O)c1. The predicted octanol–water partition coefficient (Wildman–Crippen LogP) is 5.47. The summed E-state index contributed by atoms with van der Waals surface area (Å²) in [7, 11) is 0. The highest BCUT2D eigenvalue weighted by Crippen LogP contribution is 2.28. The van der Waals surface area contributed by atoms with Crippen LogP contribution in [0, 0.1) is 0 Å². The molecule has 3 rings (SSSR count). The van der Waals surface area contributed by atoms with Crippen molar-refractivity contribution in [2.75, 3.05) is 5.32 Å². The van der Waals surface area contributed by atoms with Gasteiger partial charge in [-0.1, -0.05) is 35.3 Å². The number of nitrogens with one attached hydrogen (secondary N) is 1. The summed E-state index contributed by atoms with van der Waals surface area (Å²) in [5.74, 6) is -0.443. The highest BCUT2D eigenvalue weighted by atomic mass is 35.5. The van der Waals surface area contributed by atoms with Gasteiger partial charge in [0.15, 0.2) is 0 Å². The standard InChI is InChI=1S/C20H13Cl2F3N2O2/c21-16-6-5-15(9-17(16)22)26-19(29)13-3-1-2-12(8-13)10-27-11-14(20(23,24)25)4-7-18(27)28/h1-9,11H,10H2,(H,26,29). The maximum absolute atomic E-state index is 12.9. The van der Waals surface area contributed by atoms with E-state index in [1.54, 1.807) is 24.3 Å². The van der Waals surface area contributed by atoms with Gasteiger partial charge in [-0.15, -0.1) is 0 Å². The topological polar surface area (TPSA) is 51.1 Å². The lowest BCUT2D eigenvalue weighted by Crippen LogP contribution is -2.22. The van der Waals surface area contributed by atoms with Gasteiger partial charge in [-0.3, -0.25) is 9.59 Å². The Kier molecular flexibility index (Phi) is 6.00. The Labute approximate surface area is 173 Å². The van der Waals surface area contributed by atoms with Gasteiger partial charge in [-0.2, -0.15) is 13.2 Å². The number of carbonyl (C=O) groups is 1. The van der Waals surface area contributed by atoms with E-state index in [0.717, 1.165) is 22.9 Å². The van der Waals surface area contributed by atoms with Gasteiger partial charge < -0.3 is 9.88 Å². The van der Waals surface area contributed by atoms with Crippen LogP contribution in [0.5, 0.6) is 0 Å². The van der Waals surface area contributed by atoms with Crippen molar-refractivity contribution in [1.82, 2.24) is 4.57 Å². The van der Waals surface area contributed by atoms with E-state index in [1.807, 2.05) is 0 Å². The summed E-state index contributed by atoms with van der Waals surface area (Å²) in [6.07, 6.45) is -3.80. The lowest BCUT2D eigenvalue weighted by molar-refractivity contribution is -0.138. The molecule has 1 heterocycles. The zero-order chi connectivity index (χ0) is 21.2. The molecule has 1 aromatic heterocycles.